The van der Waals surface area contributed by atoms with Crippen LogP contribution in [0.15, 0.2) is 4.52 Å². The van der Waals surface area contributed by atoms with E-state index < -0.39 is 0 Å². The van der Waals surface area contributed by atoms with Gasteiger partial charge in [-0.2, -0.15) is 4.98 Å². The van der Waals surface area contributed by atoms with E-state index in [2.05, 4.69) is 10.1 Å². The Morgan fingerprint density at radius 2 is 1.96 bits per heavy atom. The standard InChI is InChI=1S/C19H31N3O4/c1-24-14-18-20-17(21-26-18)9-12-25-16-7-10-22(11-8-16)19(23)13-15-5-3-2-4-6-15/h15-16H,2-14H2,1H3. The Bertz CT molecular complexity index is 549. The van der Waals surface area contributed by atoms with Gasteiger partial charge in [-0.15, -0.1) is 0 Å². The van der Waals surface area contributed by atoms with Gasteiger partial charge in [0.1, 0.15) is 6.61 Å². The van der Waals surface area contributed by atoms with Crippen LogP contribution >= 0.6 is 0 Å². The molecular weight excluding hydrogens is 334 g/mol. The zero-order valence-corrected chi connectivity index (χ0v) is 15.8. The number of ether oxygens (including phenoxy) is 2. The van der Waals surface area contributed by atoms with E-state index in [-0.39, 0.29) is 6.10 Å². The molecule has 7 heteroatoms. The van der Waals surface area contributed by atoms with Gasteiger partial charge in [0.15, 0.2) is 5.82 Å². The number of hydrogen-bond acceptors (Lipinski definition) is 6. The first-order chi connectivity index (χ1) is 12.7. The van der Waals surface area contributed by atoms with Gasteiger partial charge in [0.2, 0.25) is 5.91 Å². The molecule has 1 aromatic rings. The van der Waals surface area contributed by atoms with Gasteiger partial charge in [-0.25, -0.2) is 0 Å². The smallest absolute Gasteiger partial charge is 0.252 e. The molecule has 2 heterocycles. The number of methoxy groups -OCH3 is 1. The summed E-state index contributed by atoms with van der Waals surface area (Å²) >= 11 is 0. The fraction of sp³-hybridized carbons (Fsp3) is 0.842. The molecule has 1 saturated heterocycles. The maximum absolute atomic E-state index is 12.5. The maximum Gasteiger partial charge on any atom is 0.252 e. The second kappa shape index (κ2) is 10.0. The lowest BCUT2D eigenvalue weighted by Crippen LogP contribution is -2.41. The van der Waals surface area contributed by atoms with E-state index in [1.807, 2.05) is 4.90 Å². The van der Waals surface area contributed by atoms with Crippen molar-refractivity contribution in [3.8, 4) is 0 Å². The Hall–Kier alpha value is -1.47. The van der Waals surface area contributed by atoms with Crippen LogP contribution < -0.4 is 0 Å². The topological polar surface area (TPSA) is 77.7 Å². The summed E-state index contributed by atoms with van der Waals surface area (Å²) in [7, 11) is 1.60. The summed E-state index contributed by atoms with van der Waals surface area (Å²) < 4.78 is 16.0. The monoisotopic (exact) mass is 365 g/mol. The van der Waals surface area contributed by atoms with Crippen LogP contribution in [0.5, 0.6) is 0 Å². The van der Waals surface area contributed by atoms with Crippen molar-refractivity contribution >= 4 is 5.91 Å². The average molecular weight is 365 g/mol. The van der Waals surface area contributed by atoms with Gasteiger partial charge in [0.05, 0.1) is 12.7 Å². The van der Waals surface area contributed by atoms with Gasteiger partial charge < -0.3 is 18.9 Å². The SMILES string of the molecule is COCc1nc(CCOC2CCN(C(=O)CC3CCCCC3)CC2)no1. The van der Waals surface area contributed by atoms with Crippen molar-refractivity contribution in [1.29, 1.82) is 0 Å². The normalized spacial score (nSPS) is 19.8. The largest absolute Gasteiger partial charge is 0.378 e. The van der Waals surface area contributed by atoms with Crippen molar-refractivity contribution in [3.63, 3.8) is 0 Å². The van der Waals surface area contributed by atoms with Crippen molar-refractivity contribution in [2.45, 2.75) is 70.5 Å². The quantitative estimate of drug-likeness (QED) is 0.705. The third-order valence-corrected chi connectivity index (χ3v) is 5.44. The third kappa shape index (κ3) is 5.77. The molecule has 0 spiro atoms. The number of carbonyl (C=O) groups is 1. The van der Waals surface area contributed by atoms with Gasteiger partial charge in [0, 0.05) is 33.0 Å². The van der Waals surface area contributed by atoms with E-state index in [0.717, 1.165) is 32.4 Å². The molecule has 1 amide bonds. The predicted octanol–water partition coefficient (Wildman–Crippen LogP) is 2.74. The summed E-state index contributed by atoms with van der Waals surface area (Å²) in [5, 5.41) is 3.91. The number of hydrogen-bond donors (Lipinski definition) is 0. The maximum atomic E-state index is 12.5. The number of nitrogens with zero attached hydrogens (tertiary/aromatic N) is 3. The highest BCUT2D eigenvalue weighted by atomic mass is 16.5. The minimum Gasteiger partial charge on any atom is -0.378 e. The van der Waals surface area contributed by atoms with Crippen LogP contribution in [-0.2, 0) is 27.3 Å². The van der Waals surface area contributed by atoms with Gasteiger partial charge >= 0.3 is 0 Å². The van der Waals surface area contributed by atoms with Gasteiger partial charge in [-0.3, -0.25) is 4.79 Å². The number of aromatic nitrogens is 2. The van der Waals surface area contributed by atoms with Crippen LogP contribution in [0.3, 0.4) is 0 Å². The average Bonchev–Trinajstić information content (AvgIpc) is 3.11. The molecule has 146 valence electrons. The minimum absolute atomic E-state index is 0.221. The molecule has 7 nitrogen and oxygen atoms in total. The van der Waals surface area contributed by atoms with Crippen molar-refractivity contribution in [2.75, 3.05) is 26.8 Å². The third-order valence-electron chi connectivity index (χ3n) is 5.44. The molecule has 0 unspecified atom stereocenters. The minimum atomic E-state index is 0.221. The molecular formula is C19H31N3O4. The molecule has 0 aromatic carbocycles. The Morgan fingerprint density at radius 1 is 1.19 bits per heavy atom. The summed E-state index contributed by atoms with van der Waals surface area (Å²) in [6, 6.07) is 0. The molecule has 1 saturated carbocycles. The van der Waals surface area contributed by atoms with Gasteiger partial charge in [-0.1, -0.05) is 24.4 Å². The lowest BCUT2D eigenvalue weighted by molar-refractivity contribution is -0.135. The molecule has 3 rings (SSSR count). The van der Waals surface area contributed by atoms with Crippen molar-refractivity contribution < 1.29 is 18.8 Å². The summed E-state index contributed by atoms with van der Waals surface area (Å²) in [4.78, 5) is 18.7. The molecule has 1 aromatic heterocycles. The number of amides is 1. The number of likely N-dealkylation sites (tertiary alicyclic amines) is 1. The van der Waals surface area contributed by atoms with Crippen LogP contribution in [0, 0.1) is 5.92 Å². The van der Waals surface area contributed by atoms with E-state index in [1.54, 1.807) is 7.11 Å². The predicted molar refractivity (Wildman–Crippen MR) is 95.5 cm³/mol. The molecule has 0 radical (unpaired) electrons. The van der Waals surface area contributed by atoms with Crippen LogP contribution in [0.1, 0.15) is 63.1 Å². The first kappa shape index (κ1) is 19.3. The molecule has 1 aliphatic heterocycles. The Kier molecular flexibility index (Phi) is 7.43. The summed E-state index contributed by atoms with van der Waals surface area (Å²) in [6.07, 6.45) is 9.81. The second-order valence-corrected chi connectivity index (χ2v) is 7.45. The molecule has 1 aliphatic carbocycles. The van der Waals surface area contributed by atoms with Crippen molar-refractivity contribution in [3.05, 3.63) is 11.7 Å². The second-order valence-electron chi connectivity index (χ2n) is 7.45. The zero-order valence-electron chi connectivity index (χ0n) is 15.8. The fourth-order valence-electron chi connectivity index (χ4n) is 3.93. The number of carbonyl (C=O) groups excluding carboxylic acids is 1. The summed E-state index contributed by atoms with van der Waals surface area (Å²) in [6.45, 7) is 2.54. The highest BCUT2D eigenvalue weighted by Crippen LogP contribution is 2.27. The van der Waals surface area contributed by atoms with Crippen molar-refractivity contribution in [1.82, 2.24) is 15.0 Å². The Labute approximate surface area is 155 Å². The highest BCUT2D eigenvalue weighted by molar-refractivity contribution is 5.76. The van der Waals surface area contributed by atoms with Crippen LogP contribution in [-0.4, -0.2) is 53.9 Å². The van der Waals surface area contributed by atoms with E-state index in [4.69, 9.17) is 14.0 Å². The Balaban J connectivity index is 1.31. The molecule has 0 N–H and O–H groups in total. The van der Waals surface area contributed by atoms with Crippen molar-refractivity contribution in [2.24, 2.45) is 5.92 Å². The van der Waals surface area contributed by atoms with Crippen LogP contribution in [0.25, 0.3) is 0 Å². The van der Waals surface area contributed by atoms with Crippen LogP contribution in [0.4, 0.5) is 0 Å². The molecule has 26 heavy (non-hydrogen) atoms. The highest BCUT2D eigenvalue weighted by Gasteiger charge is 2.25. The van der Waals surface area contributed by atoms with Gasteiger partial charge in [-0.05, 0) is 31.6 Å². The van der Waals surface area contributed by atoms with E-state index in [1.165, 1.54) is 32.1 Å². The van der Waals surface area contributed by atoms with Crippen LogP contribution in [0.2, 0.25) is 0 Å². The fourth-order valence-corrected chi connectivity index (χ4v) is 3.93. The first-order valence-corrected chi connectivity index (χ1v) is 9.94. The Morgan fingerprint density at radius 3 is 2.69 bits per heavy atom. The number of rotatable bonds is 8. The van der Waals surface area contributed by atoms with E-state index in [0.29, 0.717) is 43.2 Å². The lowest BCUT2D eigenvalue weighted by Gasteiger charge is -2.33. The molecule has 2 fully saturated rings. The number of piperidine rings is 1. The van der Waals surface area contributed by atoms with E-state index >= 15 is 0 Å². The van der Waals surface area contributed by atoms with E-state index in [9.17, 15) is 4.79 Å². The molecule has 0 bridgehead atoms. The van der Waals surface area contributed by atoms with Gasteiger partial charge in [0.25, 0.3) is 5.89 Å². The summed E-state index contributed by atoms with van der Waals surface area (Å²) in [5.74, 6) is 2.10. The zero-order chi connectivity index (χ0) is 18.2. The lowest BCUT2D eigenvalue weighted by atomic mass is 9.86. The first-order valence-electron chi connectivity index (χ1n) is 9.94. The summed E-state index contributed by atoms with van der Waals surface area (Å²) in [5.41, 5.74) is 0. The molecule has 0 atom stereocenters. The molecule has 2 aliphatic rings.